The largest absolute Gasteiger partial charge is 0.508 e. The van der Waals surface area contributed by atoms with Gasteiger partial charge in [0.2, 0.25) is 0 Å². The van der Waals surface area contributed by atoms with Gasteiger partial charge in [0, 0.05) is 47.0 Å². The first-order valence-corrected chi connectivity index (χ1v) is 15.0. The molecule has 0 radical (unpaired) electrons. The van der Waals surface area contributed by atoms with Crippen molar-refractivity contribution in [2.24, 2.45) is 0 Å². The number of phenols is 2. The van der Waals surface area contributed by atoms with Gasteiger partial charge in [-0.25, -0.2) is 0 Å². The van der Waals surface area contributed by atoms with E-state index in [1.165, 1.54) is 34.0 Å². The zero-order valence-electron chi connectivity index (χ0n) is 22.1. The number of thioether (sulfide) groups is 1. The fourth-order valence-electron chi connectivity index (χ4n) is 7.36. The predicted molar refractivity (Wildman–Crippen MR) is 163 cm³/mol. The maximum Gasteiger partial charge on any atom is 0.159 e. The third-order valence-corrected chi connectivity index (χ3v) is 10.5. The molecule has 4 aromatic rings. The number of ketones is 1. The van der Waals surface area contributed by atoms with Crippen molar-refractivity contribution in [2.45, 2.75) is 41.9 Å². The van der Waals surface area contributed by atoms with Crippen LogP contribution in [0.25, 0.3) is 0 Å². The van der Waals surface area contributed by atoms with Gasteiger partial charge in [-0.3, -0.25) is 4.79 Å². The van der Waals surface area contributed by atoms with Crippen LogP contribution < -0.4 is 0 Å². The normalized spacial score (nSPS) is 22.3. The van der Waals surface area contributed by atoms with Crippen LogP contribution in [0.4, 0.5) is 0 Å². The molecular formula is C34H29NO3S2. The molecule has 3 atom stereocenters. The minimum Gasteiger partial charge on any atom is -0.508 e. The monoisotopic (exact) mass is 563 g/mol. The Morgan fingerprint density at radius 2 is 1.40 bits per heavy atom. The van der Waals surface area contributed by atoms with Gasteiger partial charge in [0.15, 0.2) is 5.78 Å². The number of hydrogen-bond acceptors (Lipinski definition) is 5. The van der Waals surface area contributed by atoms with Crippen LogP contribution in [0.1, 0.15) is 75.3 Å². The van der Waals surface area contributed by atoms with Crippen LogP contribution in [-0.2, 0) is 5.41 Å². The third kappa shape index (κ3) is 3.45. The summed E-state index contributed by atoms with van der Waals surface area (Å²) >= 11 is 7.07. The summed E-state index contributed by atoms with van der Waals surface area (Å²) in [5, 5.41) is 22.7. The highest BCUT2D eigenvalue weighted by Crippen LogP contribution is 2.79. The zero-order chi connectivity index (χ0) is 27.6. The lowest BCUT2D eigenvalue weighted by atomic mass is 9.43. The molecule has 0 amide bonds. The van der Waals surface area contributed by atoms with E-state index in [2.05, 4.69) is 53.4 Å². The van der Waals surface area contributed by atoms with Gasteiger partial charge in [0.05, 0.1) is 4.90 Å². The Kier molecular flexibility index (Phi) is 6.02. The Morgan fingerprint density at radius 1 is 0.850 bits per heavy atom. The van der Waals surface area contributed by atoms with E-state index in [0.717, 1.165) is 46.9 Å². The van der Waals surface area contributed by atoms with Crippen LogP contribution in [0, 0.1) is 0 Å². The molecule has 40 heavy (non-hydrogen) atoms. The van der Waals surface area contributed by atoms with E-state index in [0.29, 0.717) is 10.6 Å². The molecule has 0 saturated carbocycles. The second-order valence-corrected chi connectivity index (χ2v) is 12.6. The van der Waals surface area contributed by atoms with Gasteiger partial charge in [-0.2, -0.15) is 0 Å². The van der Waals surface area contributed by atoms with E-state index in [1.54, 1.807) is 13.0 Å². The van der Waals surface area contributed by atoms with E-state index >= 15 is 0 Å². The van der Waals surface area contributed by atoms with Crippen molar-refractivity contribution in [3.8, 4) is 11.5 Å². The van der Waals surface area contributed by atoms with Gasteiger partial charge in [0.25, 0.3) is 0 Å². The fourth-order valence-corrected chi connectivity index (χ4v) is 8.69. The third-order valence-electron chi connectivity index (χ3n) is 8.99. The van der Waals surface area contributed by atoms with Crippen molar-refractivity contribution >= 4 is 34.1 Å². The lowest BCUT2D eigenvalue weighted by Crippen LogP contribution is -2.52. The molecule has 200 valence electrons. The first-order chi connectivity index (χ1) is 19.4. The van der Waals surface area contributed by atoms with E-state index < -0.39 is 0 Å². The number of nitrogens with zero attached hydrogens (tertiary/aromatic N) is 1. The summed E-state index contributed by atoms with van der Waals surface area (Å²) in [4.78, 5) is 13.5. The zero-order valence-corrected chi connectivity index (χ0v) is 23.8. The van der Waals surface area contributed by atoms with Gasteiger partial charge in [-0.05, 0) is 48.1 Å². The Hall–Kier alpha value is -3.61. The number of carbonyl (C=O) groups is 1. The summed E-state index contributed by atoms with van der Waals surface area (Å²) in [5.74, 6) is 0.854. The number of phenolic OH excluding ortho intramolecular Hbond substituents is 2. The van der Waals surface area contributed by atoms with E-state index in [4.69, 9.17) is 12.2 Å². The van der Waals surface area contributed by atoms with Crippen molar-refractivity contribution < 1.29 is 15.0 Å². The number of carbonyl (C=O) groups excluding carboxylic acids is 1. The minimum atomic E-state index is -0.163. The number of hydrogen-bond donors (Lipinski definition) is 2. The highest BCUT2D eigenvalue weighted by molar-refractivity contribution is 8.23. The first kappa shape index (κ1) is 25.4. The number of benzene rings is 4. The topological polar surface area (TPSA) is 60.8 Å². The average molecular weight is 564 g/mol. The molecule has 8 rings (SSSR count). The van der Waals surface area contributed by atoms with Crippen LogP contribution in [0.2, 0.25) is 0 Å². The summed E-state index contributed by atoms with van der Waals surface area (Å²) in [6, 6.07) is 28.1. The molecule has 4 aromatic carbocycles. The molecule has 1 spiro atoms. The molecule has 1 fully saturated rings. The summed E-state index contributed by atoms with van der Waals surface area (Å²) in [6.45, 7) is 3.51. The van der Waals surface area contributed by atoms with Crippen molar-refractivity contribution in [2.75, 3.05) is 13.1 Å². The Morgan fingerprint density at radius 3 is 1.98 bits per heavy atom. The van der Waals surface area contributed by atoms with Crippen molar-refractivity contribution in [1.82, 2.24) is 4.90 Å². The van der Waals surface area contributed by atoms with E-state index in [-0.39, 0.29) is 28.8 Å². The molecule has 2 N–H and O–H groups in total. The van der Waals surface area contributed by atoms with Crippen LogP contribution in [0.15, 0.2) is 89.8 Å². The molecule has 1 heterocycles. The van der Waals surface area contributed by atoms with Gasteiger partial charge in [0.1, 0.15) is 15.8 Å². The Balaban J connectivity index is 0.000000253. The standard InChI is InChI=1S/C26H21NO2S2.C8H8O/c28-18-13-19(31-25(30)27-11-5-6-12-27)24(29)21-20(18)22-14-7-1-3-9-16(14)26(22)17-10-4-2-8-15(17)23(21)26;1-7(9)8-5-3-2-4-6-8/h1-4,7-10,13,22-23,28-29H,5-6,11-12H2;2-6H,1H3/t22-,23?,26?;/m0./s1. The summed E-state index contributed by atoms with van der Waals surface area (Å²) in [6.07, 6.45) is 2.31. The SMILES string of the molecule is CC(=O)c1ccccc1.Oc1cc(SC(=S)N2CCCC2)c(O)c2c1[C@@H]1c3ccccc3C13c1ccccc1C23. The molecule has 1 saturated heterocycles. The molecule has 6 heteroatoms. The van der Waals surface area contributed by atoms with Crippen LogP contribution in [0.5, 0.6) is 11.5 Å². The number of thiocarbonyl (C=S) groups is 1. The van der Waals surface area contributed by atoms with E-state index in [1.807, 2.05) is 30.3 Å². The number of fused-ring (bicyclic) bond motifs is 7. The molecular weight excluding hydrogens is 535 g/mol. The number of rotatable bonds is 2. The summed E-state index contributed by atoms with van der Waals surface area (Å²) in [5.41, 5.74) is 7.60. The van der Waals surface area contributed by atoms with Crippen LogP contribution in [0.3, 0.4) is 0 Å². The van der Waals surface area contributed by atoms with Gasteiger partial charge >= 0.3 is 0 Å². The van der Waals surface area contributed by atoms with Gasteiger partial charge < -0.3 is 15.1 Å². The second-order valence-electron chi connectivity index (χ2n) is 11.0. The second kappa shape index (κ2) is 9.50. The van der Waals surface area contributed by atoms with Crippen molar-refractivity contribution in [1.29, 1.82) is 0 Å². The van der Waals surface area contributed by atoms with Crippen LogP contribution >= 0.6 is 24.0 Å². The Bertz CT molecular complexity index is 1680. The Labute approximate surface area is 243 Å². The highest BCUT2D eigenvalue weighted by atomic mass is 32.2. The van der Waals surface area contributed by atoms with Crippen LogP contribution in [-0.4, -0.2) is 38.3 Å². The number of aromatic hydroxyl groups is 2. The van der Waals surface area contributed by atoms with Gasteiger partial charge in [-0.1, -0.05) is 103 Å². The number of likely N-dealkylation sites (tertiary alicyclic amines) is 1. The highest BCUT2D eigenvalue weighted by Gasteiger charge is 2.70. The molecule has 0 bridgehead atoms. The maximum atomic E-state index is 11.5. The average Bonchev–Trinajstić information content (AvgIpc) is 3.57. The quantitative estimate of drug-likeness (QED) is 0.115. The maximum absolute atomic E-state index is 11.5. The van der Waals surface area contributed by atoms with Crippen molar-refractivity contribution in [3.63, 3.8) is 0 Å². The lowest BCUT2D eigenvalue weighted by Gasteiger charge is -2.58. The lowest BCUT2D eigenvalue weighted by molar-refractivity contribution is 0.101. The fraction of sp³-hybridized carbons (Fsp3) is 0.235. The molecule has 4 aliphatic rings. The van der Waals surface area contributed by atoms with E-state index in [9.17, 15) is 15.0 Å². The molecule has 3 aliphatic carbocycles. The molecule has 1 aliphatic heterocycles. The smallest absolute Gasteiger partial charge is 0.159 e. The molecule has 2 unspecified atom stereocenters. The summed E-state index contributed by atoms with van der Waals surface area (Å²) in [7, 11) is 0. The number of Topliss-reactive ketones (excluding diaryl/α,β-unsaturated/α-hetero) is 1. The van der Waals surface area contributed by atoms with Crippen molar-refractivity contribution in [3.05, 3.63) is 124 Å². The molecule has 4 nitrogen and oxygen atoms in total. The predicted octanol–water partition coefficient (Wildman–Crippen LogP) is 7.35. The first-order valence-electron chi connectivity index (χ1n) is 13.7. The molecule has 0 aromatic heterocycles. The van der Waals surface area contributed by atoms with Gasteiger partial charge in [-0.15, -0.1) is 0 Å². The summed E-state index contributed by atoms with van der Waals surface area (Å²) < 4.78 is 0.778. The minimum absolute atomic E-state index is 0.0745.